The topological polar surface area (TPSA) is 77.8 Å². The van der Waals surface area contributed by atoms with Crippen LogP contribution in [0.2, 0.25) is 0 Å². The fraction of sp³-hybridized carbons (Fsp3) is 1.00. The van der Waals surface area contributed by atoms with Gasteiger partial charge in [0.05, 0.1) is 18.3 Å². The van der Waals surface area contributed by atoms with Crippen LogP contribution in [-0.2, 0) is 21.0 Å². The Balaban J connectivity index is -0.000000111. The second-order valence-electron chi connectivity index (χ2n) is 9.13. The maximum atomic E-state index is 8.89. The number of aliphatic hydroxyl groups excluding tert-OH is 3. The fourth-order valence-corrected chi connectivity index (χ4v) is 0. The average molecular weight is 373 g/mol. The summed E-state index contributed by atoms with van der Waals surface area (Å²) in [5.41, 5.74) is 0.167. The van der Waals surface area contributed by atoms with Crippen molar-refractivity contribution in [2.75, 3.05) is 0 Å². The zero-order valence-corrected chi connectivity index (χ0v) is 18.8. The van der Waals surface area contributed by atoms with Crippen LogP contribution in [0.15, 0.2) is 0 Å². The Kier molecular flexibility index (Phi) is 18.3. The molecule has 5 heteroatoms. The van der Waals surface area contributed by atoms with Gasteiger partial charge in [0.2, 0.25) is 0 Å². The van der Waals surface area contributed by atoms with Crippen molar-refractivity contribution in [2.24, 2.45) is 16.2 Å². The Labute approximate surface area is 154 Å². The zero-order chi connectivity index (χ0) is 20.2. The van der Waals surface area contributed by atoms with E-state index in [9.17, 15) is 0 Å². The number of hydrogen-bond donors (Lipinski definition) is 3. The van der Waals surface area contributed by atoms with Crippen LogP contribution >= 0.6 is 0 Å². The van der Waals surface area contributed by atoms with Crippen LogP contribution in [0.25, 0.3) is 0 Å². The van der Waals surface area contributed by atoms with E-state index in [1.165, 1.54) is 0 Å². The van der Waals surface area contributed by atoms with E-state index in [2.05, 4.69) is 0 Å². The Hall–Kier alpha value is 0.264. The van der Waals surface area contributed by atoms with Gasteiger partial charge < -0.3 is 15.3 Å². The predicted octanol–water partition coefficient (Wildman–Crippen LogP) is 4.12. The second kappa shape index (κ2) is 13.5. The maximum absolute atomic E-state index is 8.89. The fourth-order valence-electron chi connectivity index (χ4n) is 0. The molecule has 3 N–H and O–H groups in total. The molecule has 0 fully saturated rings. The standard InChI is InChI=1S/3C6H14O.O.V/c3*1-5(7)6(2,3)4;;/h3*5,7H,1-4H3;;. The Morgan fingerprint density at radius 2 is 0.565 bits per heavy atom. The monoisotopic (exact) mass is 373 g/mol. The van der Waals surface area contributed by atoms with Crippen LogP contribution < -0.4 is 0 Å². The molecule has 3 atom stereocenters. The van der Waals surface area contributed by atoms with Crippen molar-refractivity contribution in [3.63, 3.8) is 0 Å². The summed E-state index contributed by atoms with van der Waals surface area (Å²) in [5.74, 6) is 0. The second-order valence-corrected chi connectivity index (χ2v) is 9.13. The van der Waals surface area contributed by atoms with Gasteiger partial charge in [-0.2, -0.15) is 0 Å². The van der Waals surface area contributed by atoms with Crippen molar-refractivity contribution in [1.29, 1.82) is 0 Å². The first-order chi connectivity index (χ1) is 9.83. The van der Waals surface area contributed by atoms with E-state index in [1.54, 1.807) is 20.8 Å². The van der Waals surface area contributed by atoms with Crippen LogP contribution in [0.4, 0.5) is 0 Å². The molecule has 23 heavy (non-hydrogen) atoms. The molecule has 0 saturated heterocycles. The normalized spacial score (nSPS) is 15.4. The Morgan fingerprint density at radius 1 is 0.522 bits per heavy atom. The summed E-state index contributed by atoms with van der Waals surface area (Å²) < 4.78 is 8.19. The molecule has 3 unspecified atom stereocenters. The molecule has 0 aliphatic carbocycles. The SMILES string of the molecule is CC(O)C(C)(C)C.CC(O)C(C)(C)C.CC(O)C(C)(C)C.[O]=[V]. The average Bonchev–Trinajstić information content (AvgIpc) is 2.29. The predicted molar refractivity (Wildman–Crippen MR) is 94.1 cm³/mol. The number of hydrogen-bond acceptors (Lipinski definition) is 4. The van der Waals surface area contributed by atoms with E-state index in [-0.39, 0.29) is 34.6 Å². The first-order valence-corrected chi connectivity index (χ1v) is 8.63. The van der Waals surface area contributed by atoms with Crippen LogP contribution in [0.5, 0.6) is 0 Å². The van der Waals surface area contributed by atoms with E-state index < -0.39 is 0 Å². The molecule has 143 valence electrons. The molecule has 0 rings (SSSR count). The summed E-state index contributed by atoms with van der Waals surface area (Å²) in [4.78, 5) is 0. The first-order valence-electron chi connectivity index (χ1n) is 8.06. The van der Waals surface area contributed by atoms with Crippen LogP contribution in [-0.4, -0.2) is 33.6 Å². The van der Waals surface area contributed by atoms with Crippen molar-refractivity contribution >= 4 is 0 Å². The van der Waals surface area contributed by atoms with Crippen LogP contribution in [0, 0.1) is 16.2 Å². The molecule has 0 heterocycles. The van der Waals surface area contributed by atoms with Crippen molar-refractivity contribution in [2.45, 2.75) is 101 Å². The van der Waals surface area contributed by atoms with Gasteiger partial charge in [0.25, 0.3) is 0 Å². The molecule has 0 spiro atoms. The molecule has 0 radical (unpaired) electrons. The van der Waals surface area contributed by atoms with Crippen molar-refractivity contribution in [1.82, 2.24) is 0 Å². The molecule has 0 aliphatic heterocycles. The quantitative estimate of drug-likeness (QED) is 0.597. The summed E-state index contributed by atoms with van der Waals surface area (Å²) in [6, 6.07) is 0. The van der Waals surface area contributed by atoms with Gasteiger partial charge in [-0.25, -0.2) is 0 Å². The summed E-state index contributed by atoms with van der Waals surface area (Å²) in [5, 5.41) is 26.7. The number of rotatable bonds is 0. The summed E-state index contributed by atoms with van der Waals surface area (Å²) in [6.07, 6.45) is -0.604. The number of aliphatic hydroxyl groups is 3. The van der Waals surface area contributed by atoms with Gasteiger partial charge in [0.1, 0.15) is 0 Å². The molecule has 4 nitrogen and oxygen atoms in total. The van der Waals surface area contributed by atoms with Crippen molar-refractivity contribution in [3.8, 4) is 0 Å². The Bertz CT molecular complexity index is 213. The molecule has 0 aromatic carbocycles. The van der Waals surface area contributed by atoms with Crippen LogP contribution in [0.3, 0.4) is 0 Å². The first kappa shape index (κ1) is 31.1. The molecule has 0 aromatic heterocycles. The minimum absolute atomic E-state index is 0.0556. The molecule has 0 bridgehead atoms. The van der Waals surface area contributed by atoms with Gasteiger partial charge in [-0.15, -0.1) is 0 Å². The van der Waals surface area contributed by atoms with E-state index in [0.29, 0.717) is 0 Å². The van der Waals surface area contributed by atoms with E-state index in [0.717, 1.165) is 17.4 Å². The molecule has 0 aliphatic rings. The van der Waals surface area contributed by atoms with Crippen molar-refractivity contribution in [3.05, 3.63) is 0 Å². The van der Waals surface area contributed by atoms with E-state index in [1.807, 2.05) is 62.3 Å². The molecular weight excluding hydrogens is 331 g/mol. The van der Waals surface area contributed by atoms with Crippen LogP contribution in [0.1, 0.15) is 83.1 Å². The van der Waals surface area contributed by atoms with E-state index >= 15 is 0 Å². The third kappa shape index (κ3) is 27.4. The summed E-state index contributed by atoms with van der Waals surface area (Å²) in [6.45, 7) is 23.5. The minimum atomic E-state index is -0.201. The molecular formula is C18H42O4V. The third-order valence-electron chi connectivity index (χ3n) is 3.76. The zero-order valence-electron chi connectivity index (χ0n) is 17.4. The van der Waals surface area contributed by atoms with Gasteiger partial charge >= 0.3 is 21.0 Å². The molecule has 0 amide bonds. The third-order valence-corrected chi connectivity index (χ3v) is 3.76. The summed E-state index contributed by atoms with van der Waals surface area (Å²) >= 11 is 1.06. The summed E-state index contributed by atoms with van der Waals surface area (Å²) in [7, 11) is 0. The Morgan fingerprint density at radius 3 is 0.565 bits per heavy atom. The van der Waals surface area contributed by atoms with Gasteiger partial charge in [-0.3, -0.25) is 0 Å². The van der Waals surface area contributed by atoms with Gasteiger partial charge in [0.15, 0.2) is 0 Å². The van der Waals surface area contributed by atoms with Gasteiger partial charge in [-0.05, 0) is 37.0 Å². The molecule has 0 saturated carbocycles. The van der Waals surface area contributed by atoms with Gasteiger partial charge in [0, 0.05) is 0 Å². The molecule has 0 aromatic rings. The van der Waals surface area contributed by atoms with Gasteiger partial charge in [-0.1, -0.05) is 62.3 Å². The van der Waals surface area contributed by atoms with E-state index in [4.69, 9.17) is 19.0 Å². The van der Waals surface area contributed by atoms with Crippen molar-refractivity contribution < 1.29 is 36.4 Å².